The van der Waals surface area contributed by atoms with Gasteiger partial charge in [0.1, 0.15) is 0 Å². The predicted molar refractivity (Wildman–Crippen MR) is 35.8 cm³/mol. The van der Waals surface area contributed by atoms with Gasteiger partial charge in [0.2, 0.25) is 0 Å². The molecular weight excluding hydrogens is 126 g/mol. The van der Waals surface area contributed by atoms with Crippen LogP contribution in [0.15, 0.2) is 0 Å². The molecule has 3 N–H and O–H groups in total. The fraction of sp³-hybridized carbons (Fsp3) is 0.600. The highest BCUT2D eigenvalue weighted by molar-refractivity contribution is 5.85. The second-order valence-corrected chi connectivity index (χ2v) is 1.35. The molecule has 0 bridgehead atoms. The van der Waals surface area contributed by atoms with Crippen LogP contribution in [0.5, 0.6) is 0 Å². The van der Waals surface area contributed by atoms with Crippen molar-refractivity contribution in [2.75, 3.05) is 6.61 Å². The van der Waals surface area contributed by atoms with E-state index < -0.39 is 0 Å². The summed E-state index contributed by atoms with van der Waals surface area (Å²) in [5.74, 6) is 2.33. The van der Waals surface area contributed by atoms with Crippen molar-refractivity contribution >= 4 is 12.4 Å². The predicted octanol–water partition coefficient (Wildman–Crippen LogP) is -0.249. The molecule has 3 heteroatoms. The van der Waals surface area contributed by atoms with E-state index in [1.807, 2.05) is 0 Å². The summed E-state index contributed by atoms with van der Waals surface area (Å²) >= 11 is 0. The summed E-state index contributed by atoms with van der Waals surface area (Å²) in [5, 5.41) is 8.25. The van der Waals surface area contributed by atoms with Gasteiger partial charge in [-0.15, -0.1) is 24.8 Å². The van der Waals surface area contributed by atoms with Gasteiger partial charge in [-0.2, -0.15) is 0 Å². The fourth-order valence-electron chi connectivity index (χ4n) is 0.216. The first kappa shape index (κ1) is 10.7. The zero-order chi connectivity index (χ0) is 5.70. The van der Waals surface area contributed by atoms with Crippen molar-refractivity contribution in [2.45, 2.75) is 12.5 Å². The second kappa shape index (κ2) is 6.77. The topological polar surface area (TPSA) is 46.2 Å². The minimum atomic E-state index is -0.231. The van der Waals surface area contributed by atoms with Crippen LogP contribution in [0.2, 0.25) is 0 Å². The van der Waals surface area contributed by atoms with E-state index in [0.29, 0.717) is 6.42 Å². The molecular formula is C5H10ClNO. The molecule has 0 spiro atoms. The smallest absolute Gasteiger partial charge is 0.0591 e. The molecule has 0 saturated heterocycles. The monoisotopic (exact) mass is 135 g/mol. The zero-order valence-electron chi connectivity index (χ0n) is 4.50. The highest BCUT2D eigenvalue weighted by atomic mass is 35.5. The van der Waals surface area contributed by atoms with Gasteiger partial charge in [0.25, 0.3) is 0 Å². The summed E-state index contributed by atoms with van der Waals surface area (Å²) in [7, 11) is 0. The van der Waals surface area contributed by atoms with Gasteiger partial charge < -0.3 is 10.8 Å². The Hall–Kier alpha value is -0.230. The maximum Gasteiger partial charge on any atom is 0.0591 e. The Balaban J connectivity index is 0. The van der Waals surface area contributed by atoms with Gasteiger partial charge in [0.05, 0.1) is 6.61 Å². The summed E-state index contributed by atoms with van der Waals surface area (Å²) in [4.78, 5) is 0. The maximum absolute atomic E-state index is 8.25. The van der Waals surface area contributed by atoms with E-state index in [4.69, 9.17) is 17.3 Å². The van der Waals surface area contributed by atoms with E-state index in [1.54, 1.807) is 0 Å². The molecule has 0 fully saturated rings. The number of aliphatic hydroxyl groups excluding tert-OH is 1. The van der Waals surface area contributed by atoms with Crippen LogP contribution in [-0.2, 0) is 0 Å². The molecule has 0 aliphatic rings. The summed E-state index contributed by atoms with van der Waals surface area (Å²) in [6, 6.07) is -0.231. The Morgan fingerprint density at radius 3 is 2.38 bits per heavy atom. The molecule has 48 valence electrons. The first-order chi connectivity index (χ1) is 3.31. The van der Waals surface area contributed by atoms with Crippen LogP contribution in [-0.4, -0.2) is 17.8 Å². The number of aliphatic hydroxyl groups is 1. The lowest BCUT2D eigenvalue weighted by Gasteiger charge is -1.98. The Morgan fingerprint density at radius 2 is 2.25 bits per heavy atom. The largest absolute Gasteiger partial charge is 0.395 e. The van der Waals surface area contributed by atoms with E-state index in [-0.39, 0.29) is 25.1 Å². The van der Waals surface area contributed by atoms with Gasteiger partial charge in [-0.3, -0.25) is 0 Å². The van der Waals surface area contributed by atoms with Crippen LogP contribution in [0.25, 0.3) is 0 Å². The van der Waals surface area contributed by atoms with Crippen molar-refractivity contribution in [3.63, 3.8) is 0 Å². The highest BCUT2D eigenvalue weighted by Crippen LogP contribution is 1.79. The minimum Gasteiger partial charge on any atom is -0.395 e. The van der Waals surface area contributed by atoms with Gasteiger partial charge in [0.15, 0.2) is 0 Å². The van der Waals surface area contributed by atoms with Gasteiger partial charge in [-0.1, -0.05) is 0 Å². The Morgan fingerprint density at radius 1 is 1.75 bits per heavy atom. The van der Waals surface area contributed by atoms with Crippen molar-refractivity contribution in [2.24, 2.45) is 5.73 Å². The first-order valence-electron chi connectivity index (χ1n) is 2.11. The van der Waals surface area contributed by atoms with Gasteiger partial charge in [0, 0.05) is 12.5 Å². The number of hydrogen-bond acceptors (Lipinski definition) is 2. The van der Waals surface area contributed by atoms with Crippen molar-refractivity contribution < 1.29 is 5.11 Å². The molecule has 8 heavy (non-hydrogen) atoms. The zero-order valence-corrected chi connectivity index (χ0v) is 5.32. The summed E-state index contributed by atoms with van der Waals surface area (Å²) in [5.41, 5.74) is 5.19. The lowest BCUT2D eigenvalue weighted by molar-refractivity contribution is 0.267. The molecule has 2 nitrogen and oxygen atoms in total. The second-order valence-electron chi connectivity index (χ2n) is 1.35. The van der Waals surface area contributed by atoms with Crippen LogP contribution >= 0.6 is 12.4 Å². The maximum atomic E-state index is 8.25. The molecule has 0 heterocycles. The van der Waals surface area contributed by atoms with Crippen molar-refractivity contribution in [1.82, 2.24) is 0 Å². The van der Waals surface area contributed by atoms with Crippen LogP contribution in [0.4, 0.5) is 0 Å². The molecule has 0 unspecified atom stereocenters. The van der Waals surface area contributed by atoms with Crippen LogP contribution in [0.3, 0.4) is 0 Å². The quantitative estimate of drug-likeness (QED) is 0.513. The van der Waals surface area contributed by atoms with Crippen LogP contribution in [0, 0.1) is 12.3 Å². The number of nitrogens with two attached hydrogens (primary N) is 1. The Labute approximate surface area is 55.5 Å². The molecule has 0 aliphatic heterocycles. The van der Waals surface area contributed by atoms with E-state index in [9.17, 15) is 0 Å². The molecule has 0 aromatic carbocycles. The van der Waals surface area contributed by atoms with Crippen molar-refractivity contribution in [3.8, 4) is 12.3 Å². The Bertz CT molecular complexity index is 79.0. The molecule has 0 aromatic rings. The van der Waals surface area contributed by atoms with E-state index >= 15 is 0 Å². The number of hydrogen-bond donors (Lipinski definition) is 2. The summed E-state index contributed by atoms with van der Waals surface area (Å²) in [6.45, 7) is -0.0236. The minimum absolute atomic E-state index is 0. The number of terminal acetylenes is 1. The van der Waals surface area contributed by atoms with E-state index in [1.165, 1.54) is 0 Å². The van der Waals surface area contributed by atoms with Crippen LogP contribution in [0.1, 0.15) is 6.42 Å². The standard InChI is InChI=1S/C5H9NO.ClH/c1-2-3-5(6)4-7;/h1,5,7H,3-4,6H2;1H/t5-;/m0./s1. The van der Waals surface area contributed by atoms with Gasteiger partial charge >= 0.3 is 0 Å². The molecule has 0 saturated carbocycles. The summed E-state index contributed by atoms with van der Waals surface area (Å²) < 4.78 is 0. The molecule has 0 amide bonds. The third kappa shape index (κ3) is 5.77. The fourth-order valence-corrected chi connectivity index (χ4v) is 0.216. The van der Waals surface area contributed by atoms with Crippen LogP contribution < -0.4 is 5.73 Å². The molecule has 0 rings (SSSR count). The van der Waals surface area contributed by atoms with E-state index in [2.05, 4.69) is 5.92 Å². The molecule has 1 atom stereocenters. The first-order valence-corrected chi connectivity index (χ1v) is 2.11. The molecule has 0 aliphatic carbocycles. The van der Waals surface area contributed by atoms with Gasteiger partial charge in [-0.25, -0.2) is 0 Å². The Kier molecular flexibility index (Phi) is 9.05. The third-order valence-corrected chi connectivity index (χ3v) is 0.615. The van der Waals surface area contributed by atoms with Gasteiger partial charge in [-0.05, 0) is 0 Å². The summed E-state index contributed by atoms with van der Waals surface area (Å²) in [6.07, 6.45) is 5.32. The molecule has 0 radical (unpaired) electrons. The lowest BCUT2D eigenvalue weighted by atomic mass is 10.2. The average Bonchev–Trinajstić information content (AvgIpc) is 1.68. The SMILES string of the molecule is C#CC[C@H](N)CO.Cl. The lowest BCUT2D eigenvalue weighted by Crippen LogP contribution is -2.23. The molecule has 0 aromatic heterocycles. The van der Waals surface area contributed by atoms with E-state index in [0.717, 1.165) is 0 Å². The van der Waals surface area contributed by atoms with Crippen molar-refractivity contribution in [3.05, 3.63) is 0 Å². The van der Waals surface area contributed by atoms with Crippen molar-refractivity contribution in [1.29, 1.82) is 0 Å². The normalized spacial score (nSPS) is 11.1. The average molecular weight is 136 g/mol. The number of halogens is 1. The number of rotatable bonds is 2. The highest BCUT2D eigenvalue weighted by Gasteiger charge is 1.92. The third-order valence-electron chi connectivity index (χ3n) is 0.615.